The molecule has 0 spiro atoms. The first-order valence-corrected chi connectivity index (χ1v) is 8.66. The molecule has 0 unspecified atom stereocenters. The van der Waals surface area contributed by atoms with Crippen LogP contribution in [-0.4, -0.2) is 24.8 Å². The maximum Gasteiger partial charge on any atom is 0.328 e. The summed E-state index contributed by atoms with van der Waals surface area (Å²) in [6.07, 6.45) is 9.63. The van der Waals surface area contributed by atoms with Gasteiger partial charge in [-0.2, -0.15) is 5.26 Å². The van der Waals surface area contributed by atoms with Gasteiger partial charge in [-0.3, -0.25) is 9.79 Å². The molecule has 4 bridgehead atoms. The van der Waals surface area contributed by atoms with E-state index in [1.807, 2.05) is 6.07 Å². The van der Waals surface area contributed by atoms with Crippen LogP contribution in [0.25, 0.3) is 0 Å². The average Bonchev–Trinajstić information content (AvgIpc) is 2.46. The summed E-state index contributed by atoms with van der Waals surface area (Å²) < 4.78 is 4.92. The second-order valence-corrected chi connectivity index (χ2v) is 7.61. The molecule has 2 atom stereocenters. The van der Waals surface area contributed by atoms with Gasteiger partial charge in [0, 0.05) is 6.21 Å². The summed E-state index contributed by atoms with van der Waals surface area (Å²) in [5.41, 5.74) is 0.319. The highest BCUT2D eigenvalue weighted by Crippen LogP contribution is 2.61. The first kappa shape index (κ1) is 15.5. The topological polar surface area (TPSA) is 62.5 Å². The smallest absolute Gasteiger partial charge is 0.328 e. The second-order valence-electron chi connectivity index (χ2n) is 7.61. The standard InChI is InChI=1S/C18H26N2O2/c1-3-22-17(21)16(10-19)11-20-12(2)18-7-13-4-14(8-18)6-15(5-13)9-18/h11-16H,3-9H2,1-2H3/t12-,13?,14?,15?,16-,18?/m1/s1. The molecule has 0 aromatic heterocycles. The van der Waals surface area contributed by atoms with Gasteiger partial charge in [-0.25, -0.2) is 0 Å². The van der Waals surface area contributed by atoms with E-state index in [1.54, 1.807) is 6.92 Å². The predicted octanol–water partition coefficient (Wildman–Crippen LogP) is 3.36. The third-order valence-electron chi connectivity index (χ3n) is 6.11. The van der Waals surface area contributed by atoms with Crippen LogP contribution in [0.15, 0.2) is 4.99 Å². The van der Waals surface area contributed by atoms with Crippen molar-refractivity contribution in [3.05, 3.63) is 0 Å². The zero-order valence-electron chi connectivity index (χ0n) is 13.6. The molecule has 0 amide bonds. The van der Waals surface area contributed by atoms with E-state index in [1.165, 1.54) is 44.7 Å². The lowest BCUT2D eigenvalue weighted by atomic mass is 9.48. The largest absolute Gasteiger partial charge is 0.465 e. The maximum absolute atomic E-state index is 11.7. The lowest BCUT2D eigenvalue weighted by molar-refractivity contribution is -0.143. The minimum Gasteiger partial charge on any atom is -0.465 e. The number of nitriles is 1. The number of carbonyl (C=O) groups is 1. The quantitative estimate of drug-likeness (QED) is 0.578. The van der Waals surface area contributed by atoms with E-state index in [0.29, 0.717) is 12.0 Å². The zero-order chi connectivity index (χ0) is 15.7. The van der Waals surface area contributed by atoms with E-state index in [9.17, 15) is 4.79 Å². The Hall–Kier alpha value is -1.37. The van der Waals surface area contributed by atoms with Crippen LogP contribution in [-0.2, 0) is 9.53 Å². The SMILES string of the molecule is CCOC(=O)[C@H](C#N)C=N[C@H](C)C12CC3CC(CC(C3)C1)C2. The molecule has 0 saturated heterocycles. The van der Waals surface area contributed by atoms with Gasteiger partial charge in [0.2, 0.25) is 0 Å². The number of aliphatic imine (C=N–C) groups is 1. The van der Waals surface area contributed by atoms with Crippen molar-refractivity contribution in [2.45, 2.75) is 58.4 Å². The zero-order valence-corrected chi connectivity index (χ0v) is 13.6. The Balaban J connectivity index is 1.69. The van der Waals surface area contributed by atoms with Gasteiger partial charge in [0.25, 0.3) is 0 Å². The van der Waals surface area contributed by atoms with Crippen molar-refractivity contribution in [3.63, 3.8) is 0 Å². The van der Waals surface area contributed by atoms with E-state index >= 15 is 0 Å². The van der Waals surface area contributed by atoms with Crippen LogP contribution < -0.4 is 0 Å². The van der Waals surface area contributed by atoms with Crippen LogP contribution in [0.2, 0.25) is 0 Å². The van der Waals surface area contributed by atoms with Crippen molar-refractivity contribution in [2.24, 2.45) is 34.1 Å². The van der Waals surface area contributed by atoms with E-state index in [0.717, 1.165) is 17.8 Å². The molecule has 4 aliphatic rings. The number of esters is 1. The van der Waals surface area contributed by atoms with Crippen molar-refractivity contribution in [1.82, 2.24) is 0 Å². The molecular formula is C18H26N2O2. The second kappa shape index (κ2) is 6.02. The summed E-state index contributed by atoms with van der Waals surface area (Å²) in [6, 6.07) is 2.19. The first-order valence-electron chi connectivity index (χ1n) is 8.66. The predicted molar refractivity (Wildman–Crippen MR) is 84.3 cm³/mol. The molecule has 120 valence electrons. The summed E-state index contributed by atoms with van der Waals surface area (Å²) in [5.74, 6) is 1.32. The summed E-state index contributed by atoms with van der Waals surface area (Å²) in [5, 5.41) is 9.13. The summed E-state index contributed by atoms with van der Waals surface area (Å²) in [4.78, 5) is 16.3. The van der Waals surface area contributed by atoms with Crippen LogP contribution in [0, 0.1) is 40.4 Å². The lowest BCUT2D eigenvalue weighted by Gasteiger charge is -2.58. The van der Waals surface area contributed by atoms with Gasteiger partial charge in [0.15, 0.2) is 5.92 Å². The molecule has 22 heavy (non-hydrogen) atoms. The van der Waals surface area contributed by atoms with Crippen molar-refractivity contribution >= 4 is 12.2 Å². The molecule has 0 radical (unpaired) electrons. The van der Waals surface area contributed by atoms with Gasteiger partial charge in [-0.05, 0) is 75.5 Å². The fourth-order valence-corrected chi connectivity index (χ4v) is 5.44. The van der Waals surface area contributed by atoms with Crippen molar-refractivity contribution < 1.29 is 9.53 Å². The highest BCUT2D eigenvalue weighted by atomic mass is 16.5. The Kier molecular flexibility index (Phi) is 4.25. The van der Waals surface area contributed by atoms with Gasteiger partial charge in [-0.15, -0.1) is 0 Å². The number of carbonyl (C=O) groups excluding carboxylic acids is 1. The lowest BCUT2D eigenvalue weighted by Crippen LogP contribution is -2.50. The van der Waals surface area contributed by atoms with Gasteiger partial charge in [0.05, 0.1) is 18.7 Å². The van der Waals surface area contributed by atoms with E-state index in [-0.39, 0.29) is 6.04 Å². The van der Waals surface area contributed by atoms with Crippen LogP contribution >= 0.6 is 0 Å². The molecule has 0 aliphatic heterocycles. The normalized spacial score (nSPS) is 38.7. The maximum atomic E-state index is 11.7. The molecule has 4 aliphatic carbocycles. The van der Waals surface area contributed by atoms with E-state index < -0.39 is 11.9 Å². The van der Waals surface area contributed by atoms with Crippen molar-refractivity contribution in [2.75, 3.05) is 6.61 Å². The Labute approximate surface area is 132 Å². The Morgan fingerprint density at radius 3 is 2.32 bits per heavy atom. The minimum atomic E-state index is -0.865. The Bertz CT molecular complexity index is 470. The van der Waals surface area contributed by atoms with Crippen LogP contribution in [0.4, 0.5) is 0 Å². The summed E-state index contributed by atoms with van der Waals surface area (Å²) >= 11 is 0. The molecule has 0 aromatic carbocycles. The Morgan fingerprint density at radius 1 is 1.32 bits per heavy atom. The molecule has 4 nitrogen and oxygen atoms in total. The molecule has 4 fully saturated rings. The minimum absolute atomic E-state index is 0.200. The fraction of sp³-hybridized carbons (Fsp3) is 0.833. The summed E-state index contributed by atoms with van der Waals surface area (Å²) in [7, 11) is 0. The molecule has 4 rings (SSSR count). The summed E-state index contributed by atoms with van der Waals surface area (Å²) in [6.45, 7) is 4.22. The highest BCUT2D eigenvalue weighted by Gasteiger charge is 2.53. The number of hydrogen-bond acceptors (Lipinski definition) is 4. The van der Waals surface area contributed by atoms with Gasteiger partial charge < -0.3 is 4.74 Å². The molecular weight excluding hydrogens is 276 g/mol. The van der Waals surface area contributed by atoms with Gasteiger partial charge in [0.1, 0.15) is 0 Å². The van der Waals surface area contributed by atoms with E-state index in [2.05, 4.69) is 11.9 Å². The van der Waals surface area contributed by atoms with Crippen LogP contribution in [0.1, 0.15) is 52.4 Å². The monoisotopic (exact) mass is 302 g/mol. The van der Waals surface area contributed by atoms with Gasteiger partial charge >= 0.3 is 5.97 Å². The van der Waals surface area contributed by atoms with E-state index in [4.69, 9.17) is 10.00 Å². The number of rotatable bonds is 5. The molecule has 4 saturated carbocycles. The van der Waals surface area contributed by atoms with Crippen LogP contribution in [0.5, 0.6) is 0 Å². The number of ether oxygens (including phenoxy) is 1. The fourth-order valence-electron chi connectivity index (χ4n) is 5.44. The van der Waals surface area contributed by atoms with Gasteiger partial charge in [-0.1, -0.05) is 0 Å². The molecule has 4 heteroatoms. The van der Waals surface area contributed by atoms with Crippen molar-refractivity contribution in [1.29, 1.82) is 5.26 Å². The number of hydrogen-bond donors (Lipinski definition) is 0. The first-order chi connectivity index (χ1) is 10.6. The molecule has 0 heterocycles. The third kappa shape index (κ3) is 2.78. The number of nitrogens with zero attached hydrogens (tertiary/aromatic N) is 2. The molecule has 0 N–H and O–H groups in total. The third-order valence-corrected chi connectivity index (χ3v) is 6.11. The van der Waals surface area contributed by atoms with Crippen molar-refractivity contribution in [3.8, 4) is 6.07 Å². The Morgan fingerprint density at radius 2 is 1.86 bits per heavy atom. The molecule has 0 aromatic rings. The van der Waals surface area contributed by atoms with Crippen LogP contribution in [0.3, 0.4) is 0 Å². The highest BCUT2D eigenvalue weighted by molar-refractivity contribution is 5.92. The average molecular weight is 302 g/mol.